The van der Waals surface area contributed by atoms with Crippen molar-refractivity contribution < 1.29 is 42.3 Å². The summed E-state index contributed by atoms with van der Waals surface area (Å²) in [7, 11) is 0. The van der Waals surface area contributed by atoms with Crippen LogP contribution in [0.15, 0.2) is 0 Å². The molecule has 0 bridgehead atoms. The first-order valence-corrected chi connectivity index (χ1v) is 4.21. The second kappa shape index (κ2) is 29.3. The van der Waals surface area contributed by atoms with E-state index in [0.717, 1.165) is 6.42 Å². The van der Waals surface area contributed by atoms with Crippen LogP contribution in [0.3, 0.4) is 0 Å². The van der Waals surface area contributed by atoms with E-state index in [4.69, 9.17) is 0 Å². The summed E-state index contributed by atoms with van der Waals surface area (Å²) in [6.07, 6.45) is 9.45. The van der Waals surface area contributed by atoms with Crippen molar-refractivity contribution in [2.75, 3.05) is 0 Å². The summed E-state index contributed by atoms with van der Waals surface area (Å²) in [6.45, 7) is 6.05. The molecule has 0 aliphatic carbocycles. The van der Waals surface area contributed by atoms with Crippen LogP contribution in [-0.2, 0) is 25.8 Å². The minimum absolute atomic E-state index is 0. The molecule has 0 aliphatic rings. The van der Waals surface area contributed by atoms with Crippen molar-refractivity contribution in [2.24, 2.45) is 0 Å². The van der Waals surface area contributed by atoms with Crippen LogP contribution in [0.4, 0.5) is 0 Å². The van der Waals surface area contributed by atoms with Gasteiger partial charge in [-0.15, -0.1) is 0 Å². The smallest absolute Gasteiger partial charge is 0 e. The van der Waals surface area contributed by atoms with E-state index in [2.05, 4.69) is 13.8 Å². The molecule has 0 aromatic rings. The Morgan fingerprint density at radius 2 is 1.15 bits per heavy atom. The zero-order valence-corrected chi connectivity index (χ0v) is 12.2. The Hall–Kier alpha value is 0.750. The van der Waals surface area contributed by atoms with Gasteiger partial charge in [-0.3, -0.25) is 0 Å². The topological polar surface area (TPSA) is 94.5 Å². The SMILES string of the molecule is O.O.O.[CH2-]CCCCCCCC.[Hf]. The van der Waals surface area contributed by atoms with Crippen LogP contribution >= 0.6 is 0 Å². The molecule has 0 atom stereocenters. The Morgan fingerprint density at radius 3 is 1.54 bits per heavy atom. The van der Waals surface area contributed by atoms with Crippen molar-refractivity contribution >= 4 is 0 Å². The summed E-state index contributed by atoms with van der Waals surface area (Å²) in [6, 6.07) is 0. The van der Waals surface area contributed by atoms with Gasteiger partial charge in [0.1, 0.15) is 0 Å². The fraction of sp³-hybridized carbons (Fsp3) is 0.889. The van der Waals surface area contributed by atoms with Gasteiger partial charge in [-0.05, 0) is 0 Å². The van der Waals surface area contributed by atoms with E-state index in [1.807, 2.05) is 0 Å². The molecule has 0 saturated carbocycles. The maximum atomic E-state index is 3.80. The molecule has 0 heterocycles. The fourth-order valence-electron chi connectivity index (χ4n) is 0.957. The Labute approximate surface area is 101 Å². The molecule has 0 aromatic heterocycles. The van der Waals surface area contributed by atoms with E-state index in [-0.39, 0.29) is 42.3 Å². The third kappa shape index (κ3) is 32.3. The second-order valence-corrected chi connectivity index (χ2v) is 2.62. The monoisotopic (exact) mass is 361 g/mol. The molecule has 0 aliphatic heterocycles. The molecule has 13 heavy (non-hydrogen) atoms. The van der Waals surface area contributed by atoms with E-state index in [1.54, 1.807) is 0 Å². The van der Waals surface area contributed by atoms with Crippen LogP contribution in [0.5, 0.6) is 0 Å². The number of unbranched alkanes of at least 4 members (excludes halogenated alkanes) is 6. The van der Waals surface area contributed by atoms with Crippen molar-refractivity contribution in [3.8, 4) is 0 Å². The van der Waals surface area contributed by atoms with Gasteiger partial charge in [0.2, 0.25) is 0 Å². The average molecular weight is 360 g/mol. The van der Waals surface area contributed by atoms with E-state index in [1.165, 1.54) is 38.5 Å². The van der Waals surface area contributed by atoms with Crippen LogP contribution in [0.2, 0.25) is 0 Å². The van der Waals surface area contributed by atoms with Gasteiger partial charge < -0.3 is 23.4 Å². The van der Waals surface area contributed by atoms with Gasteiger partial charge in [-0.1, -0.05) is 45.4 Å². The van der Waals surface area contributed by atoms with E-state index in [0.29, 0.717) is 0 Å². The minimum atomic E-state index is 0. The van der Waals surface area contributed by atoms with E-state index in [9.17, 15) is 0 Å². The maximum absolute atomic E-state index is 3.80. The average Bonchev–Trinajstić information content (AvgIpc) is 1.89. The number of hydrogen-bond acceptors (Lipinski definition) is 0. The molecule has 0 rings (SSSR count). The second-order valence-electron chi connectivity index (χ2n) is 2.62. The van der Waals surface area contributed by atoms with Crippen molar-refractivity contribution in [3.05, 3.63) is 6.92 Å². The van der Waals surface area contributed by atoms with E-state index < -0.39 is 0 Å². The molecule has 4 heteroatoms. The standard InChI is InChI=1S/C9H19.Hf.3H2O/c1-3-5-7-9-8-6-4-2;;;;/h1,3-9H2,2H3;;3*1H2/q-1;;;;. The molecule has 6 N–H and O–H groups in total. The predicted octanol–water partition coefficient (Wildman–Crippen LogP) is 1.09. The molecule has 0 fully saturated rings. The first kappa shape index (κ1) is 29.2. The first-order chi connectivity index (χ1) is 4.41. The van der Waals surface area contributed by atoms with Gasteiger partial charge in [-0.25, -0.2) is 0 Å². The molecule has 0 unspecified atom stereocenters. The zero-order valence-electron chi connectivity index (χ0n) is 8.66. The van der Waals surface area contributed by atoms with Gasteiger partial charge in [-0.2, -0.15) is 6.42 Å². The van der Waals surface area contributed by atoms with Gasteiger partial charge in [0.15, 0.2) is 0 Å². The third-order valence-corrected chi connectivity index (χ3v) is 1.60. The molecule has 0 amide bonds. The van der Waals surface area contributed by atoms with Gasteiger partial charge in [0, 0.05) is 25.8 Å². The summed E-state index contributed by atoms with van der Waals surface area (Å²) >= 11 is 0. The summed E-state index contributed by atoms with van der Waals surface area (Å²) in [5.74, 6) is 0. The molecular weight excluding hydrogens is 335 g/mol. The minimum Gasteiger partial charge on any atom is -0.412 e. The zero-order chi connectivity index (χ0) is 6.95. The normalized spacial score (nSPS) is 6.92. The van der Waals surface area contributed by atoms with E-state index >= 15 is 0 Å². The Balaban J connectivity index is -0.0000000533. The van der Waals surface area contributed by atoms with Crippen molar-refractivity contribution in [1.29, 1.82) is 0 Å². The van der Waals surface area contributed by atoms with Gasteiger partial charge in [0.25, 0.3) is 0 Å². The predicted molar refractivity (Wildman–Crippen MR) is 54.2 cm³/mol. The summed E-state index contributed by atoms with van der Waals surface area (Å²) < 4.78 is 0. The van der Waals surface area contributed by atoms with Crippen LogP contribution < -0.4 is 0 Å². The molecule has 0 aromatic carbocycles. The van der Waals surface area contributed by atoms with Gasteiger partial charge >= 0.3 is 0 Å². The van der Waals surface area contributed by atoms with Crippen LogP contribution in [0, 0.1) is 6.92 Å². The largest absolute Gasteiger partial charge is 0.412 e. The molecule has 0 saturated heterocycles. The Morgan fingerprint density at radius 1 is 0.769 bits per heavy atom. The van der Waals surface area contributed by atoms with Crippen LogP contribution in [-0.4, -0.2) is 16.4 Å². The summed E-state index contributed by atoms with van der Waals surface area (Å²) in [4.78, 5) is 0. The molecule has 3 nitrogen and oxygen atoms in total. The Bertz CT molecular complexity index is 48.1. The van der Waals surface area contributed by atoms with Gasteiger partial charge in [0.05, 0.1) is 0 Å². The third-order valence-electron chi connectivity index (χ3n) is 1.60. The molecule has 0 spiro atoms. The summed E-state index contributed by atoms with van der Waals surface area (Å²) in [5, 5.41) is 0. The molecule has 0 radical (unpaired) electrons. The first-order valence-electron chi connectivity index (χ1n) is 4.21. The van der Waals surface area contributed by atoms with Crippen molar-refractivity contribution in [2.45, 2.75) is 51.9 Å². The van der Waals surface area contributed by atoms with Crippen LogP contribution in [0.25, 0.3) is 0 Å². The number of rotatable bonds is 6. The maximum Gasteiger partial charge on any atom is 0 e. The number of hydrogen-bond donors (Lipinski definition) is 0. The molecule has 84 valence electrons. The fourth-order valence-corrected chi connectivity index (χ4v) is 0.957. The Kier molecular flexibility index (Phi) is 65.8. The quantitative estimate of drug-likeness (QED) is 0.386. The van der Waals surface area contributed by atoms with Crippen LogP contribution in [0.1, 0.15) is 51.9 Å². The molecular formula is C9H25HfO3-. The summed E-state index contributed by atoms with van der Waals surface area (Å²) in [5.41, 5.74) is 0. The van der Waals surface area contributed by atoms with Crippen molar-refractivity contribution in [1.82, 2.24) is 0 Å². The van der Waals surface area contributed by atoms with Crippen molar-refractivity contribution in [3.63, 3.8) is 0 Å².